The van der Waals surface area contributed by atoms with Crippen LogP contribution in [-0.4, -0.2) is 12.8 Å². The van der Waals surface area contributed by atoms with Crippen LogP contribution < -0.4 is 14.2 Å². The van der Waals surface area contributed by atoms with Crippen molar-refractivity contribution < 1.29 is 19.0 Å². The molecule has 0 heterocycles. The van der Waals surface area contributed by atoms with Crippen LogP contribution in [0.2, 0.25) is 0 Å². The van der Waals surface area contributed by atoms with Crippen molar-refractivity contribution in [2.24, 2.45) is 0 Å². The molecule has 0 atom stereocenters. The monoisotopic (exact) mass is 500 g/mol. The number of benzene rings is 5. The molecule has 0 saturated carbocycles. The molecule has 188 valence electrons. The number of rotatable bonds is 10. The standard InChI is InChI=1S/C34H28O4/c35-34(30-19-17-29(18-20-30)28-7-3-1-4-8-28)38-33-23-15-27(16-24-33)12-11-26-13-21-32(22-14-26)37-25-36-31-9-5-2-6-10-31/h1-10,13-24H,11-12,25H2. The maximum Gasteiger partial charge on any atom is 0.343 e. The Balaban J connectivity index is 1.08. The van der Waals surface area contributed by atoms with Gasteiger partial charge in [-0.05, 0) is 83.6 Å². The highest BCUT2D eigenvalue weighted by Crippen LogP contribution is 2.21. The minimum absolute atomic E-state index is 0.166. The lowest BCUT2D eigenvalue weighted by Gasteiger charge is -2.09. The van der Waals surface area contributed by atoms with Crippen molar-refractivity contribution in [2.45, 2.75) is 12.8 Å². The van der Waals surface area contributed by atoms with Crippen LogP contribution in [0.5, 0.6) is 17.2 Å². The van der Waals surface area contributed by atoms with E-state index in [9.17, 15) is 4.79 Å². The summed E-state index contributed by atoms with van der Waals surface area (Å²) in [7, 11) is 0. The number of carbonyl (C=O) groups is 1. The van der Waals surface area contributed by atoms with Gasteiger partial charge in [0.25, 0.3) is 0 Å². The molecule has 0 unspecified atom stereocenters. The molecule has 0 bridgehead atoms. The van der Waals surface area contributed by atoms with Gasteiger partial charge in [0.1, 0.15) is 17.2 Å². The van der Waals surface area contributed by atoms with Crippen LogP contribution in [0, 0.1) is 0 Å². The SMILES string of the molecule is O=C(Oc1ccc(CCc2ccc(OCOc3ccccc3)cc2)cc1)c1ccc(-c2ccccc2)cc1. The number of esters is 1. The predicted octanol–water partition coefficient (Wildman–Crippen LogP) is 7.77. The first-order valence-electron chi connectivity index (χ1n) is 12.6. The van der Waals surface area contributed by atoms with Gasteiger partial charge < -0.3 is 14.2 Å². The molecule has 0 aliphatic heterocycles. The smallest absolute Gasteiger partial charge is 0.343 e. The van der Waals surface area contributed by atoms with Crippen molar-refractivity contribution in [1.29, 1.82) is 0 Å². The zero-order valence-electron chi connectivity index (χ0n) is 21.0. The highest BCUT2D eigenvalue weighted by Gasteiger charge is 2.09. The molecular weight excluding hydrogens is 472 g/mol. The van der Waals surface area contributed by atoms with E-state index >= 15 is 0 Å². The number of ether oxygens (including phenoxy) is 3. The fourth-order valence-electron chi connectivity index (χ4n) is 4.04. The Morgan fingerprint density at radius 1 is 0.474 bits per heavy atom. The van der Waals surface area contributed by atoms with Crippen LogP contribution in [0.4, 0.5) is 0 Å². The minimum Gasteiger partial charge on any atom is -0.458 e. The van der Waals surface area contributed by atoms with Crippen LogP contribution >= 0.6 is 0 Å². The normalized spacial score (nSPS) is 10.5. The second kappa shape index (κ2) is 12.4. The van der Waals surface area contributed by atoms with Gasteiger partial charge in [-0.3, -0.25) is 0 Å². The van der Waals surface area contributed by atoms with E-state index in [0.29, 0.717) is 11.3 Å². The highest BCUT2D eigenvalue weighted by molar-refractivity contribution is 5.91. The summed E-state index contributed by atoms with van der Waals surface area (Å²) < 4.78 is 16.8. The van der Waals surface area contributed by atoms with Crippen molar-refractivity contribution in [3.63, 3.8) is 0 Å². The second-order valence-electron chi connectivity index (χ2n) is 8.84. The maximum atomic E-state index is 12.6. The Labute approximate surface area is 223 Å². The van der Waals surface area contributed by atoms with E-state index in [0.717, 1.165) is 35.5 Å². The molecule has 0 aliphatic rings. The van der Waals surface area contributed by atoms with Gasteiger partial charge in [-0.15, -0.1) is 0 Å². The first-order valence-corrected chi connectivity index (χ1v) is 12.6. The molecule has 0 aromatic heterocycles. The van der Waals surface area contributed by atoms with Gasteiger partial charge in [0.05, 0.1) is 5.56 Å². The molecular formula is C34H28O4. The molecule has 0 amide bonds. The largest absolute Gasteiger partial charge is 0.458 e. The average Bonchev–Trinajstić information content (AvgIpc) is 2.98. The first kappa shape index (κ1) is 24.8. The van der Waals surface area contributed by atoms with Gasteiger partial charge >= 0.3 is 5.97 Å². The van der Waals surface area contributed by atoms with Crippen molar-refractivity contribution in [3.05, 3.63) is 150 Å². The highest BCUT2D eigenvalue weighted by atomic mass is 16.7. The molecule has 5 aromatic rings. The number of aryl methyl sites for hydroxylation is 2. The Hall–Kier alpha value is -4.83. The van der Waals surface area contributed by atoms with Crippen molar-refractivity contribution >= 4 is 5.97 Å². The van der Waals surface area contributed by atoms with Gasteiger partial charge in [0.15, 0.2) is 0 Å². The molecule has 0 aliphatic carbocycles. The van der Waals surface area contributed by atoms with Crippen molar-refractivity contribution in [1.82, 2.24) is 0 Å². The van der Waals surface area contributed by atoms with E-state index in [1.165, 1.54) is 11.1 Å². The van der Waals surface area contributed by atoms with E-state index in [-0.39, 0.29) is 12.8 Å². The summed E-state index contributed by atoms with van der Waals surface area (Å²) in [6.07, 6.45) is 1.78. The Kier molecular flexibility index (Phi) is 8.12. The van der Waals surface area contributed by atoms with Crippen LogP contribution in [0.15, 0.2) is 133 Å². The molecule has 0 saturated heterocycles. The number of hydrogen-bond donors (Lipinski definition) is 0. The zero-order chi connectivity index (χ0) is 26.0. The maximum absolute atomic E-state index is 12.6. The third-order valence-electron chi connectivity index (χ3n) is 6.18. The molecule has 5 rings (SSSR count). The van der Waals surface area contributed by atoms with E-state index in [2.05, 4.69) is 12.1 Å². The second-order valence-corrected chi connectivity index (χ2v) is 8.84. The molecule has 4 heteroatoms. The van der Waals surface area contributed by atoms with Crippen LogP contribution in [0.25, 0.3) is 11.1 Å². The minimum atomic E-state index is -0.367. The lowest BCUT2D eigenvalue weighted by molar-refractivity contribution is 0.0734. The average molecular weight is 501 g/mol. The van der Waals surface area contributed by atoms with Gasteiger partial charge in [0.2, 0.25) is 6.79 Å². The molecule has 5 aromatic carbocycles. The summed E-state index contributed by atoms with van der Waals surface area (Å²) in [4.78, 5) is 12.6. The third-order valence-corrected chi connectivity index (χ3v) is 6.18. The zero-order valence-corrected chi connectivity index (χ0v) is 21.0. The van der Waals surface area contributed by atoms with Crippen LogP contribution in [-0.2, 0) is 12.8 Å². The third kappa shape index (κ3) is 6.89. The molecule has 4 nitrogen and oxygen atoms in total. The van der Waals surface area contributed by atoms with Gasteiger partial charge in [-0.25, -0.2) is 4.79 Å². The Morgan fingerprint density at radius 2 is 0.947 bits per heavy atom. The lowest BCUT2D eigenvalue weighted by Crippen LogP contribution is -2.08. The quantitative estimate of drug-likeness (QED) is 0.112. The van der Waals surface area contributed by atoms with E-state index in [4.69, 9.17) is 14.2 Å². The molecule has 38 heavy (non-hydrogen) atoms. The molecule has 0 radical (unpaired) electrons. The van der Waals surface area contributed by atoms with Gasteiger partial charge in [-0.2, -0.15) is 0 Å². The number of para-hydroxylation sites is 1. The summed E-state index contributed by atoms with van der Waals surface area (Å²) in [5, 5.41) is 0. The van der Waals surface area contributed by atoms with E-state index in [1.807, 2.05) is 109 Å². The fourth-order valence-corrected chi connectivity index (χ4v) is 4.04. The number of hydrogen-bond acceptors (Lipinski definition) is 4. The number of carbonyl (C=O) groups excluding carboxylic acids is 1. The summed E-state index contributed by atoms with van der Waals surface area (Å²) in [5.41, 5.74) is 5.09. The summed E-state index contributed by atoms with van der Waals surface area (Å²) in [6, 6.07) is 42.9. The first-order chi connectivity index (χ1) is 18.7. The van der Waals surface area contributed by atoms with Crippen LogP contribution in [0.3, 0.4) is 0 Å². The van der Waals surface area contributed by atoms with Gasteiger partial charge in [0, 0.05) is 0 Å². The topological polar surface area (TPSA) is 44.8 Å². The van der Waals surface area contributed by atoms with Crippen molar-refractivity contribution in [3.8, 4) is 28.4 Å². The predicted molar refractivity (Wildman–Crippen MR) is 150 cm³/mol. The molecule has 0 spiro atoms. The summed E-state index contributed by atoms with van der Waals surface area (Å²) in [5.74, 6) is 1.71. The summed E-state index contributed by atoms with van der Waals surface area (Å²) >= 11 is 0. The lowest BCUT2D eigenvalue weighted by atomic mass is 10.0. The van der Waals surface area contributed by atoms with Gasteiger partial charge in [-0.1, -0.05) is 84.9 Å². The van der Waals surface area contributed by atoms with E-state index in [1.54, 1.807) is 12.1 Å². The molecule has 0 fully saturated rings. The van der Waals surface area contributed by atoms with E-state index < -0.39 is 0 Å². The molecule has 0 N–H and O–H groups in total. The fraction of sp³-hybridized carbons (Fsp3) is 0.0882. The summed E-state index contributed by atoms with van der Waals surface area (Å²) in [6.45, 7) is 0.166. The van der Waals surface area contributed by atoms with Crippen LogP contribution in [0.1, 0.15) is 21.5 Å². The van der Waals surface area contributed by atoms with Crippen molar-refractivity contribution in [2.75, 3.05) is 6.79 Å². The Morgan fingerprint density at radius 3 is 1.53 bits per heavy atom. The Bertz CT molecular complexity index is 1430.